The van der Waals surface area contributed by atoms with Gasteiger partial charge in [-0.2, -0.15) is 0 Å². The molecule has 1 amide bonds. The van der Waals surface area contributed by atoms with Crippen molar-refractivity contribution in [2.45, 2.75) is 45.6 Å². The number of nitrogens with zero attached hydrogens (tertiary/aromatic N) is 1. The van der Waals surface area contributed by atoms with Gasteiger partial charge in [-0.25, -0.2) is 0 Å². The molecule has 21 heavy (non-hydrogen) atoms. The predicted octanol–water partition coefficient (Wildman–Crippen LogP) is 3.11. The Kier molecular flexibility index (Phi) is 5.62. The van der Waals surface area contributed by atoms with Gasteiger partial charge in [0, 0.05) is 24.0 Å². The van der Waals surface area contributed by atoms with Gasteiger partial charge in [0.2, 0.25) is 5.91 Å². The first kappa shape index (κ1) is 15.8. The molecule has 0 unspecified atom stereocenters. The first-order chi connectivity index (χ1) is 10.0. The molecule has 1 aromatic carbocycles. The molecule has 1 fully saturated rings. The normalized spacial score (nSPS) is 15.8. The molecule has 0 radical (unpaired) electrons. The van der Waals surface area contributed by atoms with Crippen LogP contribution < -0.4 is 11.1 Å². The summed E-state index contributed by atoms with van der Waals surface area (Å²) in [5.74, 6) is 0.641. The van der Waals surface area contributed by atoms with E-state index >= 15 is 0 Å². The molecular formula is C17H27N3O. The monoisotopic (exact) mass is 289 g/mol. The van der Waals surface area contributed by atoms with Crippen LogP contribution in [0.5, 0.6) is 0 Å². The van der Waals surface area contributed by atoms with E-state index in [-0.39, 0.29) is 5.91 Å². The van der Waals surface area contributed by atoms with Gasteiger partial charge >= 0.3 is 0 Å². The van der Waals surface area contributed by atoms with Crippen LogP contribution in [-0.2, 0) is 4.79 Å². The molecular weight excluding hydrogens is 262 g/mol. The SMILES string of the molecule is CC(C)CN(CC(=O)Nc1ccc(N)cc1)C1CCCC1. The number of nitrogens with two attached hydrogens (primary N) is 1. The minimum absolute atomic E-state index is 0.0623. The number of amides is 1. The number of rotatable bonds is 6. The Bertz CT molecular complexity index is 450. The third kappa shape index (κ3) is 5.05. The molecule has 0 saturated heterocycles. The van der Waals surface area contributed by atoms with E-state index in [0.717, 1.165) is 12.2 Å². The molecule has 1 aromatic rings. The molecule has 0 aliphatic heterocycles. The number of carbonyl (C=O) groups is 1. The Labute approximate surface area is 127 Å². The summed E-state index contributed by atoms with van der Waals surface area (Å²) in [6, 6.07) is 7.87. The fraction of sp³-hybridized carbons (Fsp3) is 0.588. The number of nitrogen functional groups attached to an aromatic ring is 1. The fourth-order valence-electron chi connectivity index (χ4n) is 3.03. The molecule has 4 heteroatoms. The summed E-state index contributed by atoms with van der Waals surface area (Å²) in [6.45, 7) is 5.88. The molecule has 0 heterocycles. The van der Waals surface area contributed by atoms with Crippen LogP contribution in [0.4, 0.5) is 11.4 Å². The van der Waals surface area contributed by atoms with Crippen molar-refractivity contribution in [2.75, 3.05) is 24.1 Å². The van der Waals surface area contributed by atoms with Gasteiger partial charge < -0.3 is 11.1 Å². The highest BCUT2D eigenvalue weighted by Crippen LogP contribution is 2.24. The second-order valence-corrected chi connectivity index (χ2v) is 6.43. The molecule has 0 atom stereocenters. The van der Waals surface area contributed by atoms with Crippen LogP contribution in [0, 0.1) is 5.92 Å². The molecule has 4 nitrogen and oxygen atoms in total. The van der Waals surface area contributed by atoms with Crippen molar-refractivity contribution in [1.82, 2.24) is 4.90 Å². The number of carbonyl (C=O) groups excluding carboxylic acids is 1. The number of hydrogen-bond donors (Lipinski definition) is 2. The molecule has 1 aliphatic carbocycles. The lowest BCUT2D eigenvalue weighted by molar-refractivity contribution is -0.118. The Morgan fingerprint density at radius 1 is 1.29 bits per heavy atom. The van der Waals surface area contributed by atoms with Crippen LogP contribution in [0.15, 0.2) is 24.3 Å². The Balaban J connectivity index is 1.92. The van der Waals surface area contributed by atoms with E-state index in [1.807, 2.05) is 12.1 Å². The predicted molar refractivity (Wildman–Crippen MR) is 88.2 cm³/mol. The average molecular weight is 289 g/mol. The molecule has 0 bridgehead atoms. The maximum absolute atomic E-state index is 12.3. The Morgan fingerprint density at radius 3 is 2.48 bits per heavy atom. The lowest BCUT2D eigenvalue weighted by atomic mass is 10.1. The van der Waals surface area contributed by atoms with Crippen LogP contribution in [0.25, 0.3) is 0 Å². The maximum Gasteiger partial charge on any atom is 0.238 e. The van der Waals surface area contributed by atoms with Gasteiger partial charge in [-0.3, -0.25) is 9.69 Å². The molecule has 3 N–H and O–H groups in total. The highest BCUT2D eigenvalue weighted by molar-refractivity contribution is 5.92. The van der Waals surface area contributed by atoms with Gasteiger partial charge in [-0.05, 0) is 43.0 Å². The number of hydrogen-bond acceptors (Lipinski definition) is 3. The van der Waals surface area contributed by atoms with E-state index < -0.39 is 0 Å². The van der Waals surface area contributed by atoms with Crippen molar-refractivity contribution in [3.05, 3.63) is 24.3 Å². The molecule has 116 valence electrons. The quantitative estimate of drug-likeness (QED) is 0.791. The Morgan fingerprint density at radius 2 is 1.90 bits per heavy atom. The van der Waals surface area contributed by atoms with E-state index in [0.29, 0.717) is 24.2 Å². The van der Waals surface area contributed by atoms with Gasteiger partial charge in [-0.1, -0.05) is 26.7 Å². The number of benzene rings is 1. The Hall–Kier alpha value is -1.55. The lowest BCUT2D eigenvalue weighted by Gasteiger charge is -2.29. The zero-order valence-corrected chi connectivity index (χ0v) is 13.1. The highest BCUT2D eigenvalue weighted by Gasteiger charge is 2.24. The van der Waals surface area contributed by atoms with E-state index in [1.165, 1.54) is 25.7 Å². The molecule has 0 spiro atoms. The topological polar surface area (TPSA) is 58.4 Å². The molecule has 1 aliphatic rings. The summed E-state index contributed by atoms with van der Waals surface area (Å²) in [5, 5.41) is 2.96. The van der Waals surface area contributed by atoms with E-state index in [2.05, 4.69) is 24.1 Å². The van der Waals surface area contributed by atoms with Crippen molar-refractivity contribution >= 4 is 17.3 Å². The summed E-state index contributed by atoms with van der Waals surface area (Å²) in [7, 11) is 0. The van der Waals surface area contributed by atoms with Gasteiger partial charge in [0.05, 0.1) is 6.54 Å². The van der Waals surface area contributed by atoms with Crippen molar-refractivity contribution < 1.29 is 4.79 Å². The van der Waals surface area contributed by atoms with Crippen LogP contribution in [0.3, 0.4) is 0 Å². The molecule has 2 rings (SSSR count). The van der Waals surface area contributed by atoms with Crippen LogP contribution >= 0.6 is 0 Å². The second-order valence-electron chi connectivity index (χ2n) is 6.43. The zero-order chi connectivity index (χ0) is 15.2. The van der Waals surface area contributed by atoms with Crippen molar-refractivity contribution in [3.8, 4) is 0 Å². The van der Waals surface area contributed by atoms with Crippen molar-refractivity contribution in [2.24, 2.45) is 5.92 Å². The summed E-state index contributed by atoms with van der Waals surface area (Å²) in [5.41, 5.74) is 7.17. The van der Waals surface area contributed by atoms with Crippen molar-refractivity contribution in [3.63, 3.8) is 0 Å². The third-order valence-electron chi connectivity index (χ3n) is 3.98. The van der Waals surface area contributed by atoms with Gasteiger partial charge in [0.15, 0.2) is 0 Å². The summed E-state index contributed by atoms with van der Waals surface area (Å²) >= 11 is 0. The standard InChI is InChI=1S/C17H27N3O/c1-13(2)11-20(16-5-3-4-6-16)12-17(21)19-15-9-7-14(18)8-10-15/h7-10,13,16H,3-6,11-12,18H2,1-2H3,(H,19,21). The lowest BCUT2D eigenvalue weighted by Crippen LogP contribution is -2.41. The first-order valence-corrected chi connectivity index (χ1v) is 7.94. The van der Waals surface area contributed by atoms with Gasteiger partial charge in [-0.15, -0.1) is 0 Å². The number of nitrogens with one attached hydrogen (secondary N) is 1. The van der Waals surface area contributed by atoms with E-state index in [1.54, 1.807) is 12.1 Å². The summed E-state index contributed by atoms with van der Waals surface area (Å²) < 4.78 is 0. The van der Waals surface area contributed by atoms with E-state index in [4.69, 9.17) is 5.73 Å². The molecule has 1 saturated carbocycles. The van der Waals surface area contributed by atoms with Gasteiger partial charge in [0.1, 0.15) is 0 Å². The smallest absolute Gasteiger partial charge is 0.238 e. The average Bonchev–Trinajstić information content (AvgIpc) is 2.94. The maximum atomic E-state index is 12.3. The van der Waals surface area contributed by atoms with Crippen molar-refractivity contribution in [1.29, 1.82) is 0 Å². The third-order valence-corrected chi connectivity index (χ3v) is 3.98. The van der Waals surface area contributed by atoms with Crippen LogP contribution in [0.1, 0.15) is 39.5 Å². The fourth-order valence-corrected chi connectivity index (χ4v) is 3.03. The summed E-state index contributed by atoms with van der Waals surface area (Å²) in [4.78, 5) is 14.6. The number of anilines is 2. The van der Waals surface area contributed by atoms with Crippen LogP contribution in [-0.4, -0.2) is 29.9 Å². The largest absolute Gasteiger partial charge is 0.399 e. The highest BCUT2D eigenvalue weighted by atomic mass is 16.2. The molecule has 0 aromatic heterocycles. The zero-order valence-electron chi connectivity index (χ0n) is 13.1. The summed E-state index contributed by atoms with van der Waals surface area (Å²) in [6.07, 6.45) is 5.03. The minimum atomic E-state index is 0.0623. The minimum Gasteiger partial charge on any atom is -0.399 e. The van der Waals surface area contributed by atoms with E-state index in [9.17, 15) is 4.79 Å². The second kappa shape index (κ2) is 7.46. The van der Waals surface area contributed by atoms with Crippen LogP contribution in [0.2, 0.25) is 0 Å². The van der Waals surface area contributed by atoms with Gasteiger partial charge in [0.25, 0.3) is 0 Å². The first-order valence-electron chi connectivity index (χ1n) is 7.94.